The molecular weight excluding hydrogens is 256 g/mol. The molecule has 0 spiro atoms. The number of carbonyl (C=O) groups is 1. The summed E-state index contributed by atoms with van der Waals surface area (Å²) in [7, 11) is 1.92. The molecule has 1 aromatic carbocycles. The predicted molar refractivity (Wildman–Crippen MR) is 75.1 cm³/mol. The number of aromatic nitrogens is 1. The topological polar surface area (TPSA) is 66.6 Å². The average molecular weight is 274 g/mol. The molecule has 0 bridgehead atoms. The minimum Gasteiger partial charge on any atom is -0.481 e. The van der Waals surface area contributed by atoms with Crippen LogP contribution in [0.2, 0.25) is 0 Å². The second-order valence-corrected chi connectivity index (χ2v) is 4.72. The number of hydrogen-bond acceptors (Lipinski definition) is 4. The van der Waals surface area contributed by atoms with Crippen molar-refractivity contribution in [2.75, 3.05) is 13.6 Å². The molecule has 0 aliphatic rings. The number of hydrogen-bond donors (Lipinski definition) is 1. The minimum absolute atomic E-state index is 0.186. The third-order valence-corrected chi connectivity index (χ3v) is 2.95. The Hall–Kier alpha value is -2.14. The quantitative estimate of drug-likeness (QED) is 0.840. The van der Waals surface area contributed by atoms with Gasteiger partial charge in [-0.15, -0.1) is 0 Å². The highest BCUT2D eigenvalue weighted by Gasteiger charge is 2.09. The van der Waals surface area contributed by atoms with Gasteiger partial charge < -0.3 is 9.52 Å². The van der Waals surface area contributed by atoms with Crippen molar-refractivity contribution in [3.63, 3.8) is 0 Å². The van der Waals surface area contributed by atoms with Crippen molar-refractivity contribution in [2.24, 2.45) is 0 Å². The molecule has 5 nitrogen and oxygen atoms in total. The van der Waals surface area contributed by atoms with E-state index in [0.29, 0.717) is 25.4 Å². The van der Waals surface area contributed by atoms with Crippen molar-refractivity contribution in [3.8, 4) is 11.3 Å². The highest BCUT2D eigenvalue weighted by molar-refractivity contribution is 5.66. The molecule has 0 amide bonds. The molecule has 0 aliphatic heterocycles. The molecule has 2 aromatic rings. The molecule has 0 atom stereocenters. The van der Waals surface area contributed by atoms with E-state index in [1.807, 2.05) is 42.3 Å². The van der Waals surface area contributed by atoms with Gasteiger partial charge in [0.25, 0.3) is 0 Å². The van der Waals surface area contributed by atoms with Crippen LogP contribution in [0.15, 0.2) is 40.9 Å². The Morgan fingerprint density at radius 1 is 1.35 bits per heavy atom. The van der Waals surface area contributed by atoms with E-state index in [2.05, 4.69) is 4.98 Å². The van der Waals surface area contributed by atoms with Crippen LogP contribution < -0.4 is 0 Å². The summed E-state index contributed by atoms with van der Waals surface area (Å²) >= 11 is 0. The Morgan fingerprint density at radius 2 is 2.10 bits per heavy atom. The van der Waals surface area contributed by atoms with Gasteiger partial charge in [0.15, 0.2) is 5.76 Å². The summed E-state index contributed by atoms with van der Waals surface area (Å²) in [5.41, 5.74) is 1.000. The molecule has 0 saturated heterocycles. The summed E-state index contributed by atoms with van der Waals surface area (Å²) in [6.45, 7) is 1.28. The van der Waals surface area contributed by atoms with Crippen LogP contribution >= 0.6 is 0 Å². The third kappa shape index (κ3) is 4.20. The Bertz CT molecular complexity index is 551. The number of aliphatic carboxylic acids is 1. The monoisotopic (exact) mass is 274 g/mol. The number of nitrogens with zero attached hydrogens (tertiary/aromatic N) is 2. The van der Waals surface area contributed by atoms with Crippen molar-refractivity contribution in [1.82, 2.24) is 9.88 Å². The van der Waals surface area contributed by atoms with Crippen LogP contribution in [-0.4, -0.2) is 34.6 Å². The SMILES string of the molecule is CN(CCCC(=O)O)Cc1ncc(-c2ccccc2)o1. The van der Waals surface area contributed by atoms with Crippen molar-refractivity contribution in [1.29, 1.82) is 0 Å². The fraction of sp³-hybridized carbons (Fsp3) is 0.333. The van der Waals surface area contributed by atoms with Gasteiger partial charge in [-0.05, 0) is 20.0 Å². The Morgan fingerprint density at radius 3 is 2.80 bits per heavy atom. The normalized spacial score (nSPS) is 10.9. The average Bonchev–Trinajstić information content (AvgIpc) is 2.88. The largest absolute Gasteiger partial charge is 0.481 e. The fourth-order valence-electron chi connectivity index (χ4n) is 1.93. The predicted octanol–water partition coefficient (Wildman–Crippen LogP) is 2.64. The van der Waals surface area contributed by atoms with Crippen LogP contribution in [0.1, 0.15) is 18.7 Å². The highest BCUT2D eigenvalue weighted by Crippen LogP contribution is 2.20. The van der Waals surface area contributed by atoms with Crippen LogP contribution in [0, 0.1) is 0 Å². The van der Waals surface area contributed by atoms with Crippen LogP contribution in [0.3, 0.4) is 0 Å². The molecule has 20 heavy (non-hydrogen) atoms. The molecule has 2 rings (SSSR count). The Balaban J connectivity index is 1.88. The highest BCUT2D eigenvalue weighted by atomic mass is 16.4. The van der Waals surface area contributed by atoms with Crippen LogP contribution in [0.5, 0.6) is 0 Å². The van der Waals surface area contributed by atoms with Gasteiger partial charge in [-0.1, -0.05) is 30.3 Å². The minimum atomic E-state index is -0.763. The molecule has 0 saturated carbocycles. The summed E-state index contributed by atoms with van der Waals surface area (Å²) in [4.78, 5) is 16.7. The summed E-state index contributed by atoms with van der Waals surface area (Å²) in [5, 5.41) is 8.60. The van der Waals surface area contributed by atoms with Crippen molar-refractivity contribution >= 4 is 5.97 Å². The van der Waals surface area contributed by atoms with Crippen LogP contribution in [-0.2, 0) is 11.3 Å². The molecular formula is C15H18N2O3. The molecule has 0 unspecified atom stereocenters. The van der Waals surface area contributed by atoms with Crippen molar-refractivity contribution < 1.29 is 14.3 Å². The van der Waals surface area contributed by atoms with Crippen LogP contribution in [0.4, 0.5) is 0 Å². The van der Waals surface area contributed by atoms with Crippen molar-refractivity contribution in [3.05, 3.63) is 42.4 Å². The van der Waals surface area contributed by atoms with E-state index in [1.165, 1.54) is 0 Å². The zero-order valence-corrected chi connectivity index (χ0v) is 11.5. The first kappa shape index (κ1) is 14.3. The number of carboxylic acids is 1. The fourth-order valence-corrected chi connectivity index (χ4v) is 1.93. The zero-order valence-electron chi connectivity index (χ0n) is 11.5. The van der Waals surface area contributed by atoms with E-state index in [0.717, 1.165) is 11.3 Å². The van der Waals surface area contributed by atoms with E-state index in [4.69, 9.17) is 9.52 Å². The standard InChI is InChI=1S/C15H18N2O3/c1-17(9-5-8-15(18)19)11-14-16-10-13(20-14)12-6-3-2-4-7-12/h2-4,6-7,10H,5,8-9,11H2,1H3,(H,18,19). The molecule has 5 heteroatoms. The molecule has 1 heterocycles. The van der Waals surface area contributed by atoms with Gasteiger partial charge in [-0.25, -0.2) is 4.98 Å². The molecule has 0 radical (unpaired) electrons. The Labute approximate surface area is 117 Å². The van der Waals surface area contributed by atoms with Gasteiger partial charge in [0.05, 0.1) is 12.7 Å². The van der Waals surface area contributed by atoms with Gasteiger partial charge in [0.1, 0.15) is 0 Å². The summed E-state index contributed by atoms with van der Waals surface area (Å²) in [5.74, 6) is 0.627. The van der Waals surface area contributed by atoms with Gasteiger partial charge >= 0.3 is 5.97 Å². The maximum absolute atomic E-state index is 10.4. The van der Waals surface area contributed by atoms with Gasteiger partial charge in [0.2, 0.25) is 5.89 Å². The van der Waals surface area contributed by atoms with E-state index in [9.17, 15) is 4.79 Å². The lowest BCUT2D eigenvalue weighted by Gasteiger charge is -2.13. The molecule has 106 valence electrons. The van der Waals surface area contributed by atoms with E-state index in [1.54, 1.807) is 6.20 Å². The lowest BCUT2D eigenvalue weighted by Crippen LogP contribution is -2.19. The number of rotatable bonds is 7. The summed E-state index contributed by atoms with van der Waals surface area (Å²) in [6.07, 6.45) is 2.53. The number of benzene rings is 1. The van der Waals surface area contributed by atoms with E-state index in [-0.39, 0.29) is 6.42 Å². The number of oxazole rings is 1. The zero-order chi connectivity index (χ0) is 14.4. The van der Waals surface area contributed by atoms with Gasteiger partial charge in [-0.3, -0.25) is 9.69 Å². The molecule has 1 aromatic heterocycles. The smallest absolute Gasteiger partial charge is 0.303 e. The lowest BCUT2D eigenvalue weighted by molar-refractivity contribution is -0.137. The molecule has 1 N–H and O–H groups in total. The second kappa shape index (κ2) is 6.86. The number of carboxylic acid groups (broad SMARTS) is 1. The summed E-state index contributed by atoms with van der Waals surface area (Å²) < 4.78 is 5.70. The maximum atomic E-state index is 10.4. The van der Waals surface area contributed by atoms with Crippen LogP contribution in [0.25, 0.3) is 11.3 Å². The molecule has 0 fully saturated rings. The molecule has 0 aliphatic carbocycles. The first-order chi connectivity index (χ1) is 9.65. The first-order valence-corrected chi connectivity index (χ1v) is 6.55. The first-order valence-electron chi connectivity index (χ1n) is 6.55. The van der Waals surface area contributed by atoms with Gasteiger partial charge in [-0.2, -0.15) is 0 Å². The lowest BCUT2D eigenvalue weighted by atomic mass is 10.2. The van der Waals surface area contributed by atoms with Crippen molar-refractivity contribution in [2.45, 2.75) is 19.4 Å². The van der Waals surface area contributed by atoms with Gasteiger partial charge in [0, 0.05) is 12.0 Å². The maximum Gasteiger partial charge on any atom is 0.303 e. The Kier molecular flexibility index (Phi) is 4.90. The third-order valence-electron chi connectivity index (χ3n) is 2.95. The van der Waals surface area contributed by atoms with E-state index < -0.39 is 5.97 Å². The summed E-state index contributed by atoms with van der Waals surface area (Å²) in [6, 6.07) is 9.81. The second-order valence-electron chi connectivity index (χ2n) is 4.72. The van der Waals surface area contributed by atoms with E-state index >= 15 is 0 Å².